The molecule has 35 heavy (non-hydrogen) atoms. The van der Waals surface area contributed by atoms with E-state index in [1.54, 1.807) is 20.8 Å². The zero-order valence-corrected chi connectivity index (χ0v) is 21.0. The summed E-state index contributed by atoms with van der Waals surface area (Å²) in [5.74, 6) is -3.20. The van der Waals surface area contributed by atoms with Gasteiger partial charge in [0, 0.05) is 5.75 Å². The molecule has 1 unspecified atom stereocenters. The molecule has 0 saturated carbocycles. The van der Waals surface area contributed by atoms with Gasteiger partial charge < -0.3 is 25.3 Å². The van der Waals surface area contributed by atoms with Crippen LogP contribution < -0.4 is 10.6 Å². The summed E-state index contributed by atoms with van der Waals surface area (Å²) < 4.78 is 5.09. The molecule has 1 aromatic rings. The maximum absolute atomic E-state index is 13.1. The fourth-order valence-electron chi connectivity index (χ4n) is 3.02. The van der Waals surface area contributed by atoms with Gasteiger partial charge in [0.15, 0.2) is 10.8 Å². The van der Waals surface area contributed by atoms with Crippen molar-refractivity contribution >= 4 is 75.7 Å². The van der Waals surface area contributed by atoms with E-state index in [2.05, 4.69) is 20.8 Å². The quantitative estimate of drug-likeness (QED) is 0.132. The SMILES string of the molecule is CC(C)(C)OC(=O)CON=C(C(=O)NC1C(=O)N2C(C(=O)O)=CCS[C@H]12)c1nc(NC=O)sc1Cl. The van der Waals surface area contributed by atoms with Gasteiger partial charge >= 0.3 is 11.9 Å². The lowest BCUT2D eigenvalue weighted by Gasteiger charge is -2.48. The lowest BCUT2D eigenvalue weighted by molar-refractivity contribution is -0.160. The van der Waals surface area contributed by atoms with Gasteiger partial charge in [-0.3, -0.25) is 19.3 Å². The number of nitrogens with one attached hydrogen (secondary N) is 2. The van der Waals surface area contributed by atoms with Crippen LogP contribution in [-0.2, 0) is 33.5 Å². The topological polar surface area (TPSA) is 177 Å². The van der Waals surface area contributed by atoms with Crippen molar-refractivity contribution in [3.05, 3.63) is 21.8 Å². The van der Waals surface area contributed by atoms with Crippen LogP contribution in [0.15, 0.2) is 16.9 Å². The van der Waals surface area contributed by atoms with Gasteiger partial charge in [-0.1, -0.05) is 28.1 Å². The van der Waals surface area contributed by atoms with E-state index >= 15 is 0 Å². The van der Waals surface area contributed by atoms with Crippen LogP contribution in [0.5, 0.6) is 0 Å². The van der Waals surface area contributed by atoms with Gasteiger partial charge in [-0.2, -0.15) is 0 Å². The highest BCUT2D eigenvalue weighted by atomic mass is 35.5. The number of carboxylic acids is 1. The number of β-lactam (4-membered cyclic amide) rings is 1. The number of carbonyl (C=O) groups is 5. The predicted molar refractivity (Wildman–Crippen MR) is 126 cm³/mol. The van der Waals surface area contributed by atoms with E-state index in [0.717, 1.165) is 16.2 Å². The second-order valence-corrected chi connectivity index (χ2v) is 10.7. The van der Waals surface area contributed by atoms with Crippen LogP contribution in [0.1, 0.15) is 26.5 Å². The van der Waals surface area contributed by atoms with E-state index in [1.807, 2.05) is 0 Å². The number of hydrogen-bond donors (Lipinski definition) is 3. The second-order valence-electron chi connectivity index (χ2n) is 7.98. The number of hydrogen-bond acceptors (Lipinski definition) is 11. The largest absolute Gasteiger partial charge is 0.477 e. The summed E-state index contributed by atoms with van der Waals surface area (Å²) >= 11 is 8.28. The highest BCUT2D eigenvalue weighted by molar-refractivity contribution is 8.00. The first-order valence-electron chi connectivity index (χ1n) is 9.90. The third kappa shape index (κ3) is 6.10. The molecule has 0 aromatic carbocycles. The minimum atomic E-state index is -1.25. The lowest BCUT2D eigenvalue weighted by Crippen LogP contribution is -2.70. The maximum atomic E-state index is 13.1. The molecular weight excluding hydrogens is 526 g/mol. The molecule has 188 valence electrons. The molecule has 16 heteroatoms. The molecule has 1 aromatic heterocycles. The Kier molecular flexibility index (Phi) is 8.02. The number of amides is 3. The monoisotopic (exact) mass is 545 g/mol. The Bertz CT molecular complexity index is 1130. The average Bonchev–Trinajstić information content (AvgIpc) is 3.12. The number of carboxylic acid groups (broad SMARTS) is 1. The normalized spacial score (nSPS) is 19.7. The summed E-state index contributed by atoms with van der Waals surface area (Å²) in [5.41, 5.74) is -1.55. The molecule has 3 amide bonds. The van der Waals surface area contributed by atoms with E-state index < -0.39 is 53.1 Å². The summed E-state index contributed by atoms with van der Waals surface area (Å²) in [4.78, 5) is 69.8. The molecule has 13 nitrogen and oxygen atoms in total. The van der Waals surface area contributed by atoms with Gasteiger partial charge in [0.25, 0.3) is 11.8 Å². The Hall–Kier alpha value is -3.17. The molecular formula is C19H20ClN5O8S2. The number of thiazole rings is 1. The number of ether oxygens (including phenoxy) is 1. The maximum Gasteiger partial charge on any atom is 0.352 e. The molecule has 2 aliphatic heterocycles. The van der Waals surface area contributed by atoms with Crippen LogP contribution >= 0.6 is 34.7 Å². The number of carbonyl (C=O) groups excluding carboxylic acids is 4. The Balaban J connectivity index is 1.80. The number of rotatable bonds is 9. The van der Waals surface area contributed by atoms with Gasteiger partial charge in [0.05, 0.1) is 0 Å². The van der Waals surface area contributed by atoms with Crippen LogP contribution in [0.3, 0.4) is 0 Å². The summed E-state index contributed by atoms with van der Waals surface area (Å²) in [6.45, 7) is 4.36. The molecule has 0 bridgehead atoms. The van der Waals surface area contributed by atoms with Crippen LogP contribution in [0.2, 0.25) is 4.34 Å². The first-order chi connectivity index (χ1) is 16.4. The third-order valence-corrected chi connectivity index (χ3v) is 6.69. The van der Waals surface area contributed by atoms with Crippen molar-refractivity contribution in [2.24, 2.45) is 5.16 Å². The summed E-state index contributed by atoms with van der Waals surface area (Å²) in [6, 6.07) is -1.04. The molecule has 0 spiro atoms. The molecule has 0 radical (unpaired) electrons. The van der Waals surface area contributed by atoms with E-state index in [-0.39, 0.29) is 20.9 Å². The van der Waals surface area contributed by atoms with Crippen molar-refractivity contribution in [3.63, 3.8) is 0 Å². The molecule has 1 saturated heterocycles. The first-order valence-corrected chi connectivity index (χ1v) is 12.1. The minimum Gasteiger partial charge on any atom is -0.477 e. The minimum absolute atomic E-state index is 0.0196. The number of aromatic nitrogens is 1. The Labute approximate surface area is 211 Å². The number of thioether (sulfide) groups is 1. The Morgan fingerprint density at radius 1 is 1.40 bits per heavy atom. The molecule has 3 heterocycles. The standard InChI is InChI=1S/C19H20ClN5O8S2/c1-19(2,3)33-9(27)6-32-24-11(10-13(20)35-18(23-10)21-7-26)14(28)22-12-15(29)25-8(17(30)31)4-5-34-16(12)25/h4,7,12,16H,5-6H2,1-3H3,(H,22,28)(H,30,31)(H,21,23,26)/t12?,16-/m1/s1. The smallest absolute Gasteiger partial charge is 0.352 e. The van der Waals surface area contributed by atoms with Crippen LogP contribution in [0.25, 0.3) is 0 Å². The molecule has 3 N–H and O–H groups in total. The fourth-order valence-corrected chi connectivity index (χ4v) is 5.22. The van der Waals surface area contributed by atoms with Crippen LogP contribution in [-0.4, -0.2) is 80.2 Å². The van der Waals surface area contributed by atoms with E-state index in [0.29, 0.717) is 12.2 Å². The van der Waals surface area contributed by atoms with Crippen molar-refractivity contribution in [3.8, 4) is 0 Å². The van der Waals surface area contributed by atoms with Crippen molar-refractivity contribution in [1.29, 1.82) is 0 Å². The first kappa shape index (κ1) is 26.4. The second kappa shape index (κ2) is 10.6. The summed E-state index contributed by atoms with van der Waals surface area (Å²) in [5, 5.41) is 17.2. The van der Waals surface area contributed by atoms with Gasteiger partial charge in [-0.25, -0.2) is 14.6 Å². The summed E-state index contributed by atoms with van der Waals surface area (Å²) in [7, 11) is 0. The van der Waals surface area contributed by atoms with Gasteiger partial charge in [0.2, 0.25) is 13.0 Å². The molecule has 1 fully saturated rings. The molecule has 0 aliphatic carbocycles. The predicted octanol–water partition coefficient (Wildman–Crippen LogP) is 0.796. The lowest BCUT2D eigenvalue weighted by atomic mass is 10.0. The van der Waals surface area contributed by atoms with Crippen molar-refractivity contribution in [2.45, 2.75) is 37.8 Å². The molecule has 2 atom stereocenters. The fraction of sp³-hybridized carbons (Fsp3) is 0.421. The van der Waals surface area contributed by atoms with Crippen molar-refractivity contribution < 1.29 is 38.7 Å². The van der Waals surface area contributed by atoms with Crippen LogP contribution in [0, 0.1) is 0 Å². The molecule has 3 rings (SSSR count). The number of nitrogens with zero attached hydrogens (tertiary/aromatic N) is 3. The highest BCUT2D eigenvalue weighted by Crippen LogP contribution is 2.37. The number of aliphatic carboxylic acids is 1. The number of esters is 1. The number of fused-ring (bicyclic) bond motifs is 1. The number of halogens is 1. The van der Waals surface area contributed by atoms with E-state index in [1.165, 1.54) is 17.8 Å². The van der Waals surface area contributed by atoms with Gasteiger partial charge in [-0.15, -0.1) is 11.8 Å². The molecule has 2 aliphatic rings. The zero-order valence-electron chi connectivity index (χ0n) is 18.6. The third-order valence-electron chi connectivity index (χ3n) is 4.32. The Morgan fingerprint density at radius 2 is 2.11 bits per heavy atom. The van der Waals surface area contributed by atoms with Gasteiger partial charge in [0.1, 0.15) is 32.7 Å². The zero-order chi connectivity index (χ0) is 25.9. The highest BCUT2D eigenvalue weighted by Gasteiger charge is 2.53. The average molecular weight is 546 g/mol. The van der Waals surface area contributed by atoms with E-state index in [9.17, 15) is 29.1 Å². The Morgan fingerprint density at radius 3 is 2.74 bits per heavy atom. The number of oxime groups is 1. The van der Waals surface area contributed by atoms with E-state index in [4.69, 9.17) is 21.2 Å². The van der Waals surface area contributed by atoms with Crippen molar-refractivity contribution in [1.82, 2.24) is 15.2 Å². The van der Waals surface area contributed by atoms with Crippen LogP contribution in [0.4, 0.5) is 5.13 Å². The number of anilines is 1. The van der Waals surface area contributed by atoms with Crippen molar-refractivity contribution in [2.75, 3.05) is 17.7 Å². The van der Waals surface area contributed by atoms with Gasteiger partial charge in [-0.05, 0) is 26.8 Å². The summed E-state index contributed by atoms with van der Waals surface area (Å²) in [6.07, 6.45) is 1.78.